The molecule has 0 saturated heterocycles. The molecule has 0 N–H and O–H groups in total. The molecule has 1 rings (SSSR count). The Labute approximate surface area is 57.1 Å². The molecule has 0 spiro atoms. The highest BCUT2D eigenvalue weighted by Gasteiger charge is 2.00. The van der Waals surface area contributed by atoms with Gasteiger partial charge >= 0.3 is 11.9 Å². The van der Waals surface area contributed by atoms with Crippen LogP contribution in [0.15, 0.2) is 29.7 Å². The summed E-state index contributed by atoms with van der Waals surface area (Å²) in [6.45, 7) is 3.20. The van der Waals surface area contributed by atoms with Gasteiger partial charge in [0.2, 0.25) is 0 Å². The van der Waals surface area contributed by atoms with Crippen molar-refractivity contribution in [3.8, 4) is 5.95 Å². The molecule has 0 radical (unpaired) electrons. The highest BCUT2D eigenvalue weighted by atomic mass is 16.6. The summed E-state index contributed by atoms with van der Waals surface area (Å²) in [6, 6.07) is 0. The molecule has 1 aromatic rings. The van der Waals surface area contributed by atoms with Gasteiger partial charge in [0.1, 0.15) is 6.20 Å². The first-order chi connectivity index (χ1) is 4.83. The van der Waals surface area contributed by atoms with Crippen LogP contribution in [0.3, 0.4) is 0 Å². The van der Waals surface area contributed by atoms with E-state index in [9.17, 15) is 4.79 Å². The Morgan fingerprint density at radius 2 is 2.70 bits per heavy atom. The summed E-state index contributed by atoms with van der Waals surface area (Å²) < 4.78 is 9.12. The van der Waals surface area contributed by atoms with Crippen LogP contribution in [-0.2, 0) is 4.79 Å². The van der Waals surface area contributed by atoms with E-state index in [4.69, 9.17) is 0 Å². The Morgan fingerprint density at radius 1 is 1.90 bits per heavy atom. The second-order valence-corrected chi connectivity index (χ2v) is 1.45. The lowest BCUT2D eigenvalue weighted by atomic mass is 10.7. The number of nitrogens with zero attached hydrogens (tertiary/aromatic N) is 1. The molecule has 4 nitrogen and oxygen atoms in total. The first kappa shape index (κ1) is 6.54. The molecule has 0 atom stereocenters. The lowest BCUT2D eigenvalue weighted by molar-refractivity contribution is -0.130. The van der Waals surface area contributed by atoms with Gasteiger partial charge in [-0.3, -0.25) is 0 Å². The Morgan fingerprint density at radius 3 is 3.20 bits per heavy atom. The fourth-order valence-corrected chi connectivity index (χ4v) is 0.395. The first-order valence-corrected chi connectivity index (χ1v) is 2.55. The minimum Gasteiger partial charge on any atom is -0.413 e. The van der Waals surface area contributed by atoms with Crippen LogP contribution in [0.25, 0.3) is 0 Å². The third kappa shape index (κ3) is 1.45. The summed E-state index contributed by atoms with van der Waals surface area (Å²) in [5, 5.41) is 0. The molecular formula is C6H5NO3. The van der Waals surface area contributed by atoms with Crippen molar-refractivity contribution >= 4 is 5.97 Å². The highest BCUT2D eigenvalue weighted by Crippen LogP contribution is 2.06. The number of hydrogen-bond acceptors (Lipinski definition) is 4. The number of carbonyl (C=O) groups excluding carboxylic acids is 1. The molecule has 4 heteroatoms. The summed E-state index contributed by atoms with van der Waals surface area (Å²) in [7, 11) is 0. The molecule has 0 saturated carbocycles. The van der Waals surface area contributed by atoms with E-state index in [2.05, 4.69) is 20.7 Å². The predicted molar refractivity (Wildman–Crippen MR) is 32.3 cm³/mol. The van der Waals surface area contributed by atoms with Crippen LogP contribution in [0, 0.1) is 0 Å². The zero-order chi connectivity index (χ0) is 7.40. The Bertz CT molecular complexity index is 227. The summed E-state index contributed by atoms with van der Waals surface area (Å²) >= 11 is 0. The first-order valence-electron chi connectivity index (χ1n) is 2.55. The smallest absolute Gasteiger partial charge is 0.337 e. The molecule has 0 amide bonds. The molecule has 0 aliphatic heterocycles. The van der Waals surface area contributed by atoms with Crippen LogP contribution >= 0.6 is 0 Å². The van der Waals surface area contributed by atoms with Crippen molar-refractivity contribution in [2.75, 3.05) is 0 Å². The lowest BCUT2D eigenvalue weighted by Gasteiger charge is -1.90. The topological polar surface area (TPSA) is 52.3 Å². The Hall–Kier alpha value is -1.58. The molecular weight excluding hydrogens is 134 g/mol. The van der Waals surface area contributed by atoms with Gasteiger partial charge in [-0.25, -0.2) is 9.78 Å². The van der Waals surface area contributed by atoms with Crippen LogP contribution < -0.4 is 4.74 Å². The molecule has 0 aliphatic rings. The quantitative estimate of drug-likeness (QED) is 0.448. The number of esters is 1. The average Bonchev–Trinajstić information content (AvgIpc) is 2.40. The van der Waals surface area contributed by atoms with E-state index in [0.29, 0.717) is 0 Å². The monoisotopic (exact) mass is 139 g/mol. The molecule has 0 unspecified atom stereocenters. The lowest BCUT2D eigenvalue weighted by Crippen LogP contribution is -2.01. The average molecular weight is 139 g/mol. The fourth-order valence-electron chi connectivity index (χ4n) is 0.395. The van der Waals surface area contributed by atoms with Crippen LogP contribution in [0.4, 0.5) is 0 Å². The normalized spacial score (nSPS) is 8.80. The minimum absolute atomic E-state index is 0.0740. The molecule has 10 heavy (non-hydrogen) atoms. The Kier molecular flexibility index (Phi) is 1.84. The maximum atomic E-state index is 10.5. The summed E-state index contributed by atoms with van der Waals surface area (Å²) in [6.07, 6.45) is 3.51. The van der Waals surface area contributed by atoms with E-state index < -0.39 is 5.97 Å². The zero-order valence-electron chi connectivity index (χ0n) is 5.11. The van der Waals surface area contributed by atoms with Gasteiger partial charge < -0.3 is 9.15 Å². The summed E-state index contributed by atoms with van der Waals surface area (Å²) in [5.41, 5.74) is 0. The van der Waals surface area contributed by atoms with Gasteiger partial charge in [-0.1, -0.05) is 6.58 Å². The van der Waals surface area contributed by atoms with Crippen LogP contribution in [-0.4, -0.2) is 11.0 Å². The van der Waals surface area contributed by atoms with Gasteiger partial charge in [-0.2, -0.15) is 0 Å². The van der Waals surface area contributed by atoms with Crippen molar-refractivity contribution in [2.24, 2.45) is 0 Å². The Balaban J connectivity index is 2.56. The number of oxazole rings is 1. The summed E-state index contributed by atoms with van der Waals surface area (Å²) in [4.78, 5) is 14.0. The number of aromatic nitrogens is 1. The third-order valence-corrected chi connectivity index (χ3v) is 0.778. The van der Waals surface area contributed by atoms with Crippen LogP contribution in [0.2, 0.25) is 0 Å². The van der Waals surface area contributed by atoms with E-state index in [1.165, 1.54) is 12.6 Å². The van der Waals surface area contributed by atoms with Crippen molar-refractivity contribution in [1.29, 1.82) is 0 Å². The zero-order valence-corrected chi connectivity index (χ0v) is 5.11. The fraction of sp³-hybridized carbons (Fsp3) is 0. The largest absolute Gasteiger partial charge is 0.413 e. The van der Waals surface area contributed by atoms with E-state index >= 15 is 0 Å². The molecule has 52 valence electrons. The van der Waals surface area contributed by atoms with E-state index in [0.717, 1.165) is 6.08 Å². The molecule has 1 heterocycles. The summed E-state index contributed by atoms with van der Waals surface area (Å²) in [5.74, 6) is -0.485. The second-order valence-electron chi connectivity index (χ2n) is 1.45. The van der Waals surface area contributed by atoms with Crippen molar-refractivity contribution in [3.63, 3.8) is 0 Å². The van der Waals surface area contributed by atoms with Gasteiger partial charge in [0.05, 0.1) is 0 Å². The SMILES string of the molecule is C=CC(=O)Oc1cnco1. The second kappa shape index (κ2) is 2.82. The van der Waals surface area contributed by atoms with Gasteiger partial charge in [0, 0.05) is 6.08 Å². The predicted octanol–water partition coefficient (Wildman–Crippen LogP) is 0.766. The maximum Gasteiger partial charge on any atom is 0.337 e. The molecule has 0 aliphatic carbocycles. The van der Waals surface area contributed by atoms with Gasteiger partial charge in [-0.15, -0.1) is 0 Å². The molecule has 0 bridgehead atoms. The number of ether oxygens (including phenoxy) is 1. The molecule has 1 aromatic heterocycles. The maximum absolute atomic E-state index is 10.5. The van der Waals surface area contributed by atoms with E-state index in [1.807, 2.05) is 0 Å². The van der Waals surface area contributed by atoms with Gasteiger partial charge in [0.25, 0.3) is 0 Å². The van der Waals surface area contributed by atoms with E-state index in [-0.39, 0.29) is 5.95 Å². The van der Waals surface area contributed by atoms with Gasteiger partial charge in [-0.05, 0) is 0 Å². The highest BCUT2D eigenvalue weighted by molar-refractivity contribution is 5.82. The standard InChI is InChI=1S/C6H5NO3/c1-2-5(8)10-6-3-7-4-9-6/h2-4H,1H2. The molecule has 0 aromatic carbocycles. The van der Waals surface area contributed by atoms with Gasteiger partial charge in [0.15, 0.2) is 6.39 Å². The number of hydrogen-bond donors (Lipinski definition) is 0. The van der Waals surface area contributed by atoms with E-state index in [1.54, 1.807) is 0 Å². The van der Waals surface area contributed by atoms with Crippen molar-refractivity contribution < 1.29 is 13.9 Å². The number of rotatable bonds is 2. The molecule has 0 fully saturated rings. The van der Waals surface area contributed by atoms with Crippen LogP contribution in [0.5, 0.6) is 5.95 Å². The third-order valence-electron chi connectivity index (χ3n) is 0.778. The minimum atomic E-state index is -0.559. The van der Waals surface area contributed by atoms with Crippen LogP contribution in [0.1, 0.15) is 0 Å². The van der Waals surface area contributed by atoms with Crippen molar-refractivity contribution in [1.82, 2.24) is 4.98 Å². The van der Waals surface area contributed by atoms with Crippen molar-refractivity contribution in [2.45, 2.75) is 0 Å². The van der Waals surface area contributed by atoms with Crippen molar-refractivity contribution in [3.05, 3.63) is 25.2 Å². The number of carbonyl (C=O) groups is 1.